The van der Waals surface area contributed by atoms with E-state index in [0.717, 1.165) is 22.7 Å². The molecule has 0 aliphatic carbocycles. The first-order valence-corrected chi connectivity index (χ1v) is 8.11. The smallest absolute Gasteiger partial charge is 0.357 e. The van der Waals surface area contributed by atoms with Crippen molar-refractivity contribution in [2.45, 2.75) is 13.8 Å². The molecule has 128 valence electrons. The van der Waals surface area contributed by atoms with Crippen LogP contribution in [0.1, 0.15) is 23.0 Å². The Morgan fingerprint density at radius 3 is 2.36 bits per heavy atom. The maximum Gasteiger partial charge on any atom is 0.357 e. The van der Waals surface area contributed by atoms with Crippen molar-refractivity contribution in [2.75, 3.05) is 13.7 Å². The molecule has 5 nitrogen and oxygen atoms in total. The predicted molar refractivity (Wildman–Crippen MR) is 96.2 cm³/mol. The fourth-order valence-corrected chi connectivity index (χ4v) is 2.52. The molecule has 0 bridgehead atoms. The lowest BCUT2D eigenvalue weighted by atomic mass is 10.1. The van der Waals surface area contributed by atoms with E-state index in [-0.39, 0.29) is 0 Å². The average Bonchev–Trinajstić information content (AvgIpc) is 3.08. The van der Waals surface area contributed by atoms with Crippen molar-refractivity contribution in [1.29, 1.82) is 0 Å². The molecule has 3 aromatic rings. The molecule has 0 N–H and O–H groups in total. The van der Waals surface area contributed by atoms with Crippen molar-refractivity contribution in [3.05, 3.63) is 65.9 Å². The lowest BCUT2D eigenvalue weighted by Gasteiger charge is -2.07. The standard InChI is InChI=1S/C20H20N2O3/c1-4-25-20(23)19-13-18(15-7-5-14(2)6-8-15)21-22(19)16-9-11-17(24-3)12-10-16/h5-13H,4H2,1-3H3. The van der Waals surface area contributed by atoms with E-state index in [9.17, 15) is 4.79 Å². The fraction of sp³-hybridized carbons (Fsp3) is 0.200. The molecular formula is C20H20N2O3. The number of nitrogens with zero attached hydrogens (tertiary/aromatic N) is 2. The third kappa shape index (κ3) is 3.55. The predicted octanol–water partition coefficient (Wildman–Crippen LogP) is 4.03. The molecule has 0 atom stereocenters. The first-order chi connectivity index (χ1) is 12.1. The molecule has 0 radical (unpaired) electrons. The second-order valence-electron chi connectivity index (χ2n) is 5.61. The molecule has 5 heteroatoms. The van der Waals surface area contributed by atoms with Crippen LogP contribution in [0.4, 0.5) is 0 Å². The average molecular weight is 336 g/mol. The quantitative estimate of drug-likeness (QED) is 0.660. The first kappa shape index (κ1) is 16.8. The Balaban J connectivity index is 2.07. The summed E-state index contributed by atoms with van der Waals surface area (Å²) in [6.07, 6.45) is 0. The maximum absolute atomic E-state index is 12.4. The molecule has 0 fully saturated rings. The number of hydrogen-bond donors (Lipinski definition) is 0. The van der Waals surface area contributed by atoms with Crippen LogP contribution in [-0.2, 0) is 4.74 Å². The van der Waals surface area contributed by atoms with Crippen LogP contribution in [0.5, 0.6) is 5.75 Å². The summed E-state index contributed by atoms with van der Waals surface area (Å²) in [5.41, 5.74) is 4.00. The summed E-state index contributed by atoms with van der Waals surface area (Å²) in [5, 5.41) is 4.61. The van der Waals surface area contributed by atoms with Gasteiger partial charge in [0, 0.05) is 5.56 Å². The van der Waals surface area contributed by atoms with Gasteiger partial charge in [0.1, 0.15) is 5.75 Å². The van der Waals surface area contributed by atoms with Gasteiger partial charge in [0.25, 0.3) is 0 Å². The van der Waals surface area contributed by atoms with E-state index in [1.165, 1.54) is 5.56 Å². The number of methoxy groups -OCH3 is 1. The summed E-state index contributed by atoms with van der Waals surface area (Å²) in [4.78, 5) is 12.4. The molecule has 0 spiro atoms. The van der Waals surface area contributed by atoms with Gasteiger partial charge in [-0.05, 0) is 44.2 Å². The molecule has 0 saturated heterocycles. The summed E-state index contributed by atoms with van der Waals surface area (Å²) in [6, 6.07) is 17.1. The van der Waals surface area contributed by atoms with Gasteiger partial charge in [-0.3, -0.25) is 0 Å². The molecule has 25 heavy (non-hydrogen) atoms. The molecule has 3 rings (SSSR count). The van der Waals surface area contributed by atoms with Crippen LogP contribution in [0, 0.1) is 6.92 Å². The summed E-state index contributed by atoms with van der Waals surface area (Å²) in [7, 11) is 1.61. The zero-order valence-corrected chi connectivity index (χ0v) is 14.5. The van der Waals surface area contributed by atoms with Crippen molar-refractivity contribution >= 4 is 5.97 Å². The van der Waals surface area contributed by atoms with Crippen LogP contribution in [0.2, 0.25) is 0 Å². The van der Waals surface area contributed by atoms with E-state index >= 15 is 0 Å². The van der Waals surface area contributed by atoms with Crippen LogP contribution >= 0.6 is 0 Å². The van der Waals surface area contributed by atoms with E-state index in [0.29, 0.717) is 12.3 Å². The van der Waals surface area contributed by atoms with E-state index < -0.39 is 5.97 Å². The molecule has 0 aliphatic rings. The molecule has 0 unspecified atom stereocenters. The monoisotopic (exact) mass is 336 g/mol. The first-order valence-electron chi connectivity index (χ1n) is 8.11. The Morgan fingerprint density at radius 1 is 1.08 bits per heavy atom. The van der Waals surface area contributed by atoms with Crippen molar-refractivity contribution < 1.29 is 14.3 Å². The van der Waals surface area contributed by atoms with Gasteiger partial charge < -0.3 is 9.47 Å². The maximum atomic E-state index is 12.4. The van der Waals surface area contributed by atoms with Gasteiger partial charge in [-0.25, -0.2) is 9.48 Å². The zero-order chi connectivity index (χ0) is 17.8. The number of esters is 1. The Hall–Kier alpha value is -3.08. The minimum Gasteiger partial charge on any atom is -0.497 e. The van der Waals surface area contributed by atoms with E-state index in [1.807, 2.05) is 55.5 Å². The highest BCUT2D eigenvalue weighted by Gasteiger charge is 2.18. The number of hydrogen-bond acceptors (Lipinski definition) is 4. The zero-order valence-electron chi connectivity index (χ0n) is 14.5. The second-order valence-corrected chi connectivity index (χ2v) is 5.61. The van der Waals surface area contributed by atoms with Crippen LogP contribution in [-0.4, -0.2) is 29.5 Å². The summed E-state index contributed by atoms with van der Waals surface area (Å²) in [5.74, 6) is 0.344. The van der Waals surface area contributed by atoms with Crippen molar-refractivity contribution in [1.82, 2.24) is 9.78 Å². The SMILES string of the molecule is CCOC(=O)c1cc(-c2ccc(C)cc2)nn1-c1ccc(OC)cc1. The fourth-order valence-electron chi connectivity index (χ4n) is 2.52. The van der Waals surface area contributed by atoms with Crippen LogP contribution in [0.15, 0.2) is 54.6 Å². The van der Waals surface area contributed by atoms with Gasteiger partial charge in [0.2, 0.25) is 0 Å². The third-order valence-corrected chi connectivity index (χ3v) is 3.86. The van der Waals surface area contributed by atoms with Gasteiger partial charge in [-0.1, -0.05) is 29.8 Å². The Kier molecular flexibility index (Phi) is 4.84. The Morgan fingerprint density at radius 2 is 1.76 bits per heavy atom. The number of aryl methyl sites for hydroxylation is 1. The number of carbonyl (C=O) groups excluding carboxylic acids is 1. The summed E-state index contributed by atoms with van der Waals surface area (Å²) < 4.78 is 12.0. The van der Waals surface area contributed by atoms with Gasteiger partial charge >= 0.3 is 5.97 Å². The Bertz CT molecular complexity index is 865. The second kappa shape index (κ2) is 7.21. The van der Waals surface area contributed by atoms with E-state index in [1.54, 1.807) is 24.8 Å². The van der Waals surface area contributed by atoms with Gasteiger partial charge in [-0.15, -0.1) is 0 Å². The minimum absolute atomic E-state index is 0.312. The highest BCUT2D eigenvalue weighted by Crippen LogP contribution is 2.24. The normalized spacial score (nSPS) is 10.5. The number of aromatic nitrogens is 2. The van der Waals surface area contributed by atoms with Crippen LogP contribution < -0.4 is 4.74 Å². The van der Waals surface area contributed by atoms with Gasteiger partial charge in [0.15, 0.2) is 5.69 Å². The largest absolute Gasteiger partial charge is 0.497 e. The van der Waals surface area contributed by atoms with Crippen molar-refractivity contribution in [3.63, 3.8) is 0 Å². The topological polar surface area (TPSA) is 53.3 Å². The highest BCUT2D eigenvalue weighted by atomic mass is 16.5. The molecule has 2 aromatic carbocycles. The lowest BCUT2D eigenvalue weighted by molar-refractivity contribution is 0.0515. The van der Waals surface area contributed by atoms with E-state index in [2.05, 4.69) is 5.10 Å². The van der Waals surface area contributed by atoms with Gasteiger partial charge in [-0.2, -0.15) is 5.10 Å². The number of benzene rings is 2. The van der Waals surface area contributed by atoms with Crippen LogP contribution in [0.3, 0.4) is 0 Å². The number of ether oxygens (including phenoxy) is 2. The summed E-state index contributed by atoms with van der Waals surface area (Å²) >= 11 is 0. The third-order valence-electron chi connectivity index (χ3n) is 3.86. The van der Waals surface area contributed by atoms with Crippen LogP contribution in [0.25, 0.3) is 16.9 Å². The molecule has 0 saturated carbocycles. The van der Waals surface area contributed by atoms with Gasteiger partial charge in [0.05, 0.1) is 25.1 Å². The molecule has 1 heterocycles. The molecule has 1 aromatic heterocycles. The van der Waals surface area contributed by atoms with Crippen molar-refractivity contribution in [2.24, 2.45) is 0 Å². The highest BCUT2D eigenvalue weighted by molar-refractivity contribution is 5.89. The summed E-state index contributed by atoms with van der Waals surface area (Å²) in [6.45, 7) is 4.13. The molecule has 0 amide bonds. The minimum atomic E-state index is -0.399. The van der Waals surface area contributed by atoms with Crippen molar-refractivity contribution in [3.8, 4) is 22.7 Å². The van der Waals surface area contributed by atoms with E-state index in [4.69, 9.17) is 9.47 Å². The Labute approximate surface area is 146 Å². The molecule has 0 aliphatic heterocycles. The molecular weight excluding hydrogens is 316 g/mol. The number of carbonyl (C=O) groups is 1. The lowest BCUT2D eigenvalue weighted by Crippen LogP contribution is -2.11. The number of rotatable bonds is 5.